The number of carbonyl (C=O) groups excluding carboxylic acids is 1. The molecule has 0 atom stereocenters. The lowest BCUT2D eigenvalue weighted by molar-refractivity contribution is -0.116. The Morgan fingerprint density at radius 2 is 1.91 bits per heavy atom. The standard InChI is InChI=1S/C23H27N5O4/c1-17-12-22(25-32-17)24-23(30)16-28-15-21(31-2)20(29)13-19(28)14-26-8-10-27(11-9-26)18-6-4-3-5-7-18/h3-7,12-13,15H,8-11,14,16H2,1-2H3,(H,24,25,30). The van der Waals surface area contributed by atoms with E-state index in [9.17, 15) is 9.59 Å². The number of rotatable bonds is 7. The van der Waals surface area contributed by atoms with Crippen LogP contribution in [0.15, 0.2) is 58.0 Å². The highest BCUT2D eigenvalue weighted by Gasteiger charge is 2.20. The highest BCUT2D eigenvalue weighted by Crippen LogP contribution is 2.17. The predicted octanol–water partition coefficient (Wildman–Crippen LogP) is 2.11. The minimum absolute atomic E-state index is 0.0296. The Labute approximate surface area is 186 Å². The molecule has 0 saturated carbocycles. The van der Waals surface area contributed by atoms with Crippen molar-refractivity contribution in [3.05, 3.63) is 70.3 Å². The number of amides is 1. The third-order valence-electron chi connectivity index (χ3n) is 5.49. The fraction of sp³-hybridized carbons (Fsp3) is 0.348. The third kappa shape index (κ3) is 5.17. The average molecular weight is 438 g/mol. The minimum atomic E-state index is -0.265. The number of hydrogen-bond acceptors (Lipinski definition) is 7. The molecule has 0 spiro atoms. The molecule has 1 amide bonds. The number of aryl methyl sites for hydroxylation is 1. The number of anilines is 2. The number of aromatic nitrogens is 2. The van der Waals surface area contributed by atoms with E-state index in [0.717, 1.165) is 31.9 Å². The van der Waals surface area contributed by atoms with E-state index < -0.39 is 0 Å². The van der Waals surface area contributed by atoms with Gasteiger partial charge in [-0.15, -0.1) is 0 Å². The molecule has 3 heterocycles. The number of nitrogens with one attached hydrogen (secondary N) is 1. The molecule has 4 rings (SSSR count). The Kier molecular flexibility index (Phi) is 6.55. The van der Waals surface area contributed by atoms with E-state index in [0.29, 0.717) is 18.1 Å². The molecule has 9 nitrogen and oxygen atoms in total. The van der Waals surface area contributed by atoms with Gasteiger partial charge in [0.15, 0.2) is 11.6 Å². The molecule has 0 radical (unpaired) electrons. The molecule has 9 heteroatoms. The van der Waals surface area contributed by atoms with Crippen molar-refractivity contribution in [2.24, 2.45) is 0 Å². The van der Waals surface area contributed by atoms with Crippen molar-refractivity contribution in [3.63, 3.8) is 0 Å². The minimum Gasteiger partial charge on any atom is -0.491 e. The first-order valence-electron chi connectivity index (χ1n) is 10.5. The van der Waals surface area contributed by atoms with Gasteiger partial charge in [0.05, 0.1) is 13.3 Å². The van der Waals surface area contributed by atoms with Gasteiger partial charge in [-0.2, -0.15) is 0 Å². The highest BCUT2D eigenvalue weighted by molar-refractivity contribution is 5.89. The number of pyridine rings is 1. The highest BCUT2D eigenvalue weighted by atomic mass is 16.5. The van der Waals surface area contributed by atoms with Crippen LogP contribution in [0.3, 0.4) is 0 Å². The van der Waals surface area contributed by atoms with Crippen LogP contribution in [0.5, 0.6) is 5.75 Å². The number of ether oxygens (including phenoxy) is 1. The first-order chi connectivity index (χ1) is 15.5. The lowest BCUT2D eigenvalue weighted by Gasteiger charge is -2.36. The van der Waals surface area contributed by atoms with Crippen LogP contribution in [0.2, 0.25) is 0 Å². The van der Waals surface area contributed by atoms with Crippen LogP contribution < -0.4 is 20.4 Å². The molecule has 1 aromatic carbocycles. The van der Waals surface area contributed by atoms with E-state index in [1.165, 1.54) is 12.8 Å². The molecule has 1 saturated heterocycles. The number of para-hydroxylation sites is 1. The van der Waals surface area contributed by atoms with Gasteiger partial charge in [-0.3, -0.25) is 14.5 Å². The number of carbonyl (C=O) groups is 1. The fourth-order valence-electron chi connectivity index (χ4n) is 3.82. The zero-order valence-corrected chi connectivity index (χ0v) is 18.3. The molecule has 1 aliphatic rings. The molecule has 0 unspecified atom stereocenters. The second-order valence-corrected chi connectivity index (χ2v) is 7.80. The SMILES string of the molecule is COc1cn(CC(=O)Nc2cc(C)on2)c(CN2CCN(c3ccccc3)CC2)cc1=O. The summed E-state index contributed by atoms with van der Waals surface area (Å²) in [5.41, 5.74) is 1.78. The van der Waals surface area contributed by atoms with Gasteiger partial charge in [0.2, 0.25) is 11.3 Å². The Balaban J connectivity index is 1.45. The van der Waals surface area contributed by atoms with Crippen LogP contribution in [-0.4, -0.2) is 53.8 Å². The first kappa shape index (κ1) is 21.6. The summed E-state index contributed by atoms with van der Waals surface area (Å²) in [7, 11) is 1.45. The number of piperazine rings is 1. The first-order valence-corrected chi connectivity index (χ1v) is 10.5. The maximum atomic E-state index is 12.6. The fourth-order valence-corrected chi connectivity index (χ4v) is 3.82. The van der Waals surface area contributed by atoms with Gasteiger partial charge in [0.1, 0.15) is 12.3 Å². The van der Waals surface area contributed by atoms with Gasteiger partial charge in [-0.05, 0) is 19.1 Å². The van der Waals surface area contributed by atoms with Crippen LogP contribution in [0.25, 0.3) is 0 Å². The van der Waals surface area contributed by atoms with Gasteiger partial charge in [0, 0.05) is 56.2 Å². The van der Waals surface area contributed by atoms with Crippen LogP contribution in [0, 0.1) is 6.92 Å². The lowest BCUT2D eigenvalue weighted by atomic mass is 10.2. The molecule has 2 aromatic heterocycles. The Hall–Kier alpha value is -3.59. The van der Waals surface area contributed by atoms with E-state index in [1.807, 2.05) is 18.2 Å². The van der Waals surface area contributed by atoms with Crippen molar-refractivity contribution in [3.8, 4) is 5.75 Å². The lowest BCUT2D eigenvalue weighted by Crippen LogP contribution is -2.46. The summed E-state index contributed by atoms with van der Waals surface area (Å²) < 4.78 is 11.9. The largest absolute Gasteiger partial charge is 0.491 e. The second kappa shape index (κ2) is 9.69. The van der Waals surface area contributed by atoms with Crippen LogP contribution in [0.1, 0.15) is 11.5 Å². The van der Waals surface area contributed by atoms with Gasteiger partial charge >= 0.3 is 0 Å². The van der Waals surface area contributed by atoms with E-state index in [2.05, 4.69) is 32.4 Å². The van der Waals surface area contributed by atoms with Crippen molar-refractivity contribution < 1.29 is 14.1 Å². The average Bonchev–Trinajstić information content (AvgIpc) is 3.21. The molecular weight excluding hydrogens is 410 g/mol. The molecule has 1 aliphatic heterocycles. The molecular formula is C23H27N5O4. The topological polar surface area (TPSA) is 92.8 Å². The summed E-state index contributed by atoms with van der Waals surface area (Å²) in [4.78, 5) is 29.6. The van der Waals surface area contributed by atoms with Gasteiger partial charge in [0.25, 0.3) is 0 Å². The number of methoxy groups -OCH3 is 1. The van der Waals surface area contributed by atoms with Crippen molar-refractivity contribution in [1.29, 1.82) is 0 Å². The van der Waals surface area contributed by atoms with Crippen molar-refractivity contribution >= 4 is 17.4 Å². The maximum absolute atomic E-state index is 12.6. The monoisotopic (exact) mass is 437 g/mol. The summed E-state index contributed by atoms with van der Waals surface area (Å²) in [6.45, 7) is 5.87. The summed E-state index contributed by atoms with van der Waals surface area (Å²) in [6.07, 6.45) is 1.59. The zero-order valence-electron chi connectivity index (χ0n) is 18.3. The van der Waals surface area contributed by atoms with Crippen LogP contribution >= 0.6 is 0 Å². The summed E-state index contributed by atoms with van der Waals surface area (Å²) in [6, 6.07) is 13.5. The molecule has 3 aromatic rings. The van der Waals surface area contributed by atoms with Gasteiger partial charge in [-0.25, -0.2) is 0 Å². The maximum Gasteiger partial charge on any atom is 0.245 e. The van der Waals surface area contributed by atoms with Crippen molar-refractivity contribution in [2.45, 2.75) is 20.0 Å². The summed E-state index contributed by atoms with van der Waals surface area (Å²) in [5.74, 6) is 0.909. The molecule has 1 fully saturated rings. The molecule has 0 aliphatic carbocycles. The van der Waals surface area contributed by atoms with Crippen molar-refractivity contribution in [2.75, 3.05) is 43.5 Å². The van der Waals surface area contributed by atoms with E-state index in [1.54, 1.807) is 29.8 Å². The molecule has 32 heavy (non-hydrogen) atoms. The Bertz CT molecular complexity index is 1120. The third-order valence-corrected chi connectivity index (χ3v) is 5.49. The molecule has 1 N–H and O–H groups in total. The Morgan fingerprint density at radius 1 is 1.16 bits per heavy atom. The van der Waals surface area contributed by atoms with Crippen LogP contribution in [-0.2, 0) is 17.9 Å². The van der Waals surface area contributed by atoms with E-state index in [-0.39, 0.29) is 23.6 Å². The quantitative estimate of drug-likeness (QED) is 0.605. The number of nitrogens with zero attached hydrogens (tertiary/aromatic N) is 4. The summed E-state index contributed by atoms with van der Waals surface area (Å²) in [5, 5.41) is 6.50. The number of hydrogen-bond donors (Lipinski definition) is 1. The van der Waals surface area contributed by atoms with Gasteiger partial charge < -0.3 is 24.0 Å². The normalized spacial score (nSPS) is 14.4. The smallest absolute Gasteiger partial charge is 0.245 e. The zero-order chi connectivity index (χ0) is 22.5. The van der Waals surface area contributed by atoms with E-state index >= 15 is 0 Å². The van der Waals surface area contributed by atoms with E-state index in [4.69, 9.17) is 9.26 Å². The molecule has 0 bridgehead atoms. The van der Waals surface area contributed by atoms with Crippen molar-refractivity contribution in [1.82, 2.24) is 14.6 Å². The molecule has 168 valence electrons. The predicted molar refractivity (Wildman–Crippen MR) is 121 cm³/mol. The Morgan fingerprint density at radius 3 is 2.56 bits per heavy atom. The second-order valence-electron chi connectivity index (χ2n) is 7.80. The summed E-state index contributed by atoms with van der Waals surface area (Å²) >= 11 is 0. The van der Waals surface area contributed by atoms with Crippen LogP contribution in [0.4, 0.5) is 11.5 Å². The van der Waals surface area contributed by atoms with Gasteiger partial charge in [-0.1, -0.05) is 23.4 Å². The number of benzene rings is 1.